The van der Waals surface area contributed by atoms with Crippen LogP contribution in [0.2, 0.25) is 0 Å². The molecule has 0 unspecified atom stereocenters. The van der Waals surface area contributed by atoms with Gasteiger partial charge in [0.05, 0.1) is 27.9 Å². The fraction of sp³-hybridized carbons (Fsp3) is 0.0312. The topological polar surface area (TPSA) is 35.6 Å². The molecule has 0 radical (unpaired) electrons. The lowest BCUT2D eigenvalue weighted by Gasteiger charge is -2.13. The Morgan fingerprint density at radius 3 is 1.46 bits per heavy atom. The minimum absolute atomic E-state index is 0.700. The molecule has 12 aromatic rings. The molecule has 0 fully saturated rings. The third-order valence-electron chi connectivity index (χ3n) is 13.7. The van der Waals surface area contributed by atoms with E-state index in [0.717, 1.165) is 52.1 Å². The van der Waals surface area contributed by atoms with E-state index in [1.165, 1.54) is 77.5 Å². The normalized spacial score (nSPS) is 12.2. The number of rotatable bonds is 8. The van der Waals surface area contributed by atoms with Crippen LogP contribution in [0.1, 0.15) is 17.7 Å². The van der Waals surface area contributed by atoms with Gasteiger partial charge in [0.2, 0.25) is 0 Å². The molecule has 9 aromatic carbocycles. The Morgan fingerprint density at radius 2 is 0.809 bits per heavy atom. The summed E-state index contributed by atoms with van der Waals surface area (Å²) in [6.45, 7) is 0. The van der Waals surface area contributed by atoms with Crippen LogP contribution in [0.25, 0.3) is 117 Å². The SMILES string of the molecule is C1=Cc2c(c3ccc(-c4ccc5c(c4)c4ccccc4n5-c4ccc(-c5nc(-c6ccccc6)cc(-c6ccccc6)n5)cc4)cc3n2-c2ccc(-c3ccc(-c4ccccc4)cc3)cc2)CC1. The molecule has 3 aromatic heterocycles. The lowest BCUT2D eigenvalue weighted by atomic mass is 9.98. The molecular weight excluding hydrogens is 825 g/mol. The minimum atomic E-state index is 0.700. The van der Waals surface area contributed by atoms with Gasteiger partial charge in [-0.3, -0.25) is 0 Å². The Balaban J connectivity index is 0.860. The van der Waals surface area contributed by atoms with Crippen LogP contribution >= 0.6 is 0 Å². The van der Waals surface area contributed by atoms with Gasteiger partial charge in [-0.15, -0.1) is 0 Å². The standard InChI is InChI=1S/C64H44N4/c1-4-14-43(15-5-1)44-24-26-45(27-25-44)46-28-34-53(35-29-46)68-60-22-12-10-20-54(60)56-38-32-51(41-63(56)68)50-33-39-62-57(40-50)55-21-11-13-23-61(55)67(62)52-36-30-49(31-37-52)64-65-58(47-16-6-2-7-17-47)42-59(66-64)48-18-8-3-9-19-48/h1-9,11-19,21-42H,10,20H2. The van der Waals surface area contributed by atoms with E-state index in [4.69, 9.17) is 9.97 Å². The summed E-state index contributed by atoms with van der Waals surface area (Å²) in [4.78, 5) is 10.2. The number of hydrogen-bond donors (Lipinski definition) is 0. The lowest BCUT2D eigenvalue weighted by molar-refractivity contribution is 0.967. The van der Waals surface area contributed by atoms with E-state index in [1.807, 2.05) is 12.1 Å². The molecule has 0 atom stereocenters. The van der Waals surface area contributed by atoms with Crippen molar-refractivity contribution in [2.45, 2.75) is 12.8 Å². The number of allylic oxidation sites excluding steroid dienone is 1. The fourth-order valence-corrected chi connectivity index (χ4v) is 10.3. The quantitative estimate of drug-likeness (QED) is 0.153. The Labute approximate surface area is 395 Å². The first-order valence-electron chi connectivity index (χ1n) is 23.4. The average Bonchev–Trinajstić information content (AvgIpc) is 3.94. The largest absolute Gasteiger partial charge is 0.310 e. The first-order chi connectivity index (χ1) is 33.7. The maximum atomic E-state index is 5.09. The smallest absolute Gasteiger partial charge is 0.160 e. The molecule has 0 saturated heterocycles. The van der Waals surface area contributed by atoms with Gasteiger partial charge in [0.1, 0.15) is 0 Å². The Hall–Kier alpha value is -8.86. The number of hydrogen-bond acceptors (Lipinski definition) is 2. The number of aryl methyl sites for hydroxylation is 1. The zero-order valence-electron chi connectivity index (χ0n) is 37.3. The van der Waals surface area contributed by atoms with E-state index in [0.29, 0.717) is 5.82 Å². The van der Waals surface area contributed by atoms with Gasteiger partial charge in [-0.25, -0.2) is 9.97 Å². The van der Waals surface area contributed by atoms with Gasteiger partial charge in [0.15, 0.2) is 5.82 Å². The van der Waals surface area contributed by atoms with Crippen molar-refractivity contribution in [2.75, 3.05) is 0 Å². The Morgan fingerprint density at radius 1 is 0.324 bits per heavy atom. The van der Waals surface area contributed by atoms with Gasteiger partial charge < -0.3 is 9.13 Å². The minimum Gasteiger partial charge on any atom is -0.310 e. The van der Waals surface area contributed by atoms with Crippen LogP contribution < -0.4 is 0 Å². The zero-order valence-corrected chi connectivity index (χ0v) is 37.3. The van der Waals surface area contributed by atoms with Crippen molar-refractivity contribution in [3.8, 4) is 78.7 Å². The second kappa shape index (κ2) is 16.5. The maximum absolute atomic E-state index is 5.09. The third-order valence-corrected chi connectivity index (χ3v) is 13.7. The van der Waals surface area contributed by atoms with Crippen molar-refractivity contribution in [1.29, 1.82) is 0 Å². The van der Waals surface area contributed by atoms with Gasteiger partial charge in [-0.1, -0.05) is 170 Å². The molecule has 320 valence electrons. The van der Waals surface area contributed by atoms with Crippen LogP contribution in [0, 0.1) is 0 Å². The van der Waals surface area contributed by atoms with Crippen molar-refractivity contribution in [3.05, 3.63) is 248 Å². The van der Waals surface area contributed by atoms with Crippen molar-refractivity contribution >= 4 is 38.8 Å². The highest BCUT2D eigenvalue weighted by Gasteiger charge is 2.21. The molecule has 0 aliphatic heterocycles. The molecule has 0 spiro atoms. The van der Waals surface area contributed by atoms with Crippen LogP contribution in [-0.4, -0.2) is 19.1 Å². The first kappa shape index (κ1) is 39.5. The van der Waals surface area contributed by atoms with Crippen LogP contribution in [0.5, 0.6) is 0 Å². The van der Waals surface area contributed by atoms with Gasteiger partial charge >= 0.3 is 0 Å². The van der Waals surface area contributed by atoms with Crippen LogP contribution in [-0.2, 0) is 6.42 Å². The predicted molar refractivity (Wildman–Crippen MR) is 283 cm³/mol. The molecule has 0 N–H and O–H groups in total. The average molecular weight is 869 g/mol. The summed E-state index contributed by atoms with van der Waals surface area (Å²) >= 11 is 0. The van der Waals surface area contributed by atoms with E-state index in [9.17, 15) is 0 Å². The predicted octanol–water partition coefficient (Wildman–Crippen LogP) is 16.5. The number of para-hydroxylation sites is 1. The highest BCUT2D eigenvalue weighted by atomic mass is 15.0. The van der Waals surface area contributed by atoms with Crippen molar-refractivity contribution in [3.63, 3.8) is 0 Å². The van der Waals surface area contributed by atoms with E-state index >= 15 is 0 Å². The maximum Gasteiger partial charge on any atom is 0.160 e. The molecule has 0 saturated carbocycles. The molecule has 13 rings (SSSR count). The van der Waals surface area contributed by atoms with E-state index in [-0.39, 0.29) is 0 Å². The summed E-state index contributed by atoms with van der Waals surface area (Å²) in [5, 5.41) is 3.77. The first-order valence-corrected chi connectivity index (χ1v) is 23.4. The van der Waals surface area contributed by atoms with E-state index in [2.05, 4.69) is 240 Å². The number of fused-ring (bicyclic) bond motifs is 6. The van der Waals surface area contributed by atoms with Crippen LogP contribution in [0.3, 0.4) is 0 Å². The molecule has 0 bridgehead atoms. The van der Waals surface area contributed by atoms with Crippen LogP contribution in [0.15, 0.2) is 237 Å². The fourth-order valence-electron chi connectivity index (χ4n) is 10.3. The summed E-state index contributed by atoms with van der Waals surface area (Å²) in [5.41, 5.74) is 20.7. The van der Waals surface area contributed by atoms with Crippen molar-refractivity contribution in [2.24, 2.45) is 0 Å². The molecule has 4 nitrogen and oxygen atoms in total. The van der Waals surface area contributed by atoms with Crippen molar-refractivity contribution in [1.82, 2.24) is 19.1 Å². The van der Waals surface area contributed by atoms with Crippen LogP contribution in [0.4, 0.5) is 0 Å². The molecule has 68 heavy (non-hydrogen) atoms. The number of aromatic nitrogens is 4. The molecular formula is C64H44N4. The monoisotopic (exact) mass is 868 g/mol. The van der Waals surface area contributed by atoms with Gasteiger partial charge in [0, 0.05) is 49.9 Å². The molecule has 1 aliphatic rings. The van der Waals surface area contributed by atoms with E-state index < -0.39 is 0 Å². The second-order valence-electron chi connectivity index (χ2n) is 17.7. The molecule has 1 aliphatic carbocycles. The second-order valence-corrected chi connectivity index (χ2v) is 17.7. The van der Waals surface area contributed by atoms with Crippen molar-refractivity contribution < 1.29 is 0 Å². The van der Waals surface area contributed by atoms with Gasteiger partial charge in [-0.05, 0) is 125 Å². The summed E-state index contributed by atoms with van der Waals surface area (Å²) in [5.74, 6) is 0.700. The summed E-state index contributed by atoms with van der Waals surface area (Å²) in [6, 6.07) is 82.8. The highest BCUT2D eigenvalue weighted by molar-refractivity contribution is 6.10. The number of nitrogens with zero attached hydrogens (tertiary/aromatic N) is 4. The Kier molecular flexibility index (Phi) is 9.61. The zero-order chi connectivity index (χ0) is 45.0. The summed E-state index contributed by atoms with van der Waals surface area (Å²) in [7, 11) is 0. The molecule has 3 heterocycles. The summed E-state index contributed by atoms with van der Waals surface area (Å²) < 4.78 is 4.84. The Bertz CT molecular complexity index is 3790. The van der Waals surface area contributed by atoms with Gasteiger partial charge in [-0.2, -0.15) is 0 Å². The van der Waals surface area contributed by atoms with E-state index in [1.54, 1.807) is 0 Å². The lowest BCUT2D eigenvalue weighted by Crippen LogP contribution is -2.00. The summed E-state index contributed by atoms with van der Waals surface area (Å²) in [6.07, 6.45) is 6.73. The molecule has 0 amide bonds. The highest BCUT2D eigenvalue weighted by Crippen LogP contribution is 2.40. The third kappa shape index (κ3) is 6.94. The molecule has 4 heteroatoms. The number of benzene rings is 9. The van der Waals surface area contributed by atoms with Gasteiger partial charge in [0.25, 0.3) is 0 Å².